The maximum atomic E-state index is 13.8. The predicted molar refractivity (Wildman–Crippen MR) is 128 cm³/mol. The lowest BCUT2D eigenvalue weighted by Gasteiger charge is -2.17. The smallest absolute Gasteiger partial charge is 0.276 e. The Balaban J connectivity index is 2.98. The van der Waals surface area contributed by atoms with Crippen LogP contribution in [0.5, 0.6) is 0 Å². The number of pyridine rings is 1. The van der Waals surface area contributed by atoms with Crippen LogP contribution in [0.25, 0.3) is 5.70 Å². The number of benzene rings is 1. The standard InChI is InChI=1S/C23H29ClNO5S2/c1-5-14-31(27,28)22(23(24)32(29,30)15-6-2)20(25-12-8-7-9-13-25)21(26)19-11-10-17(3)16-18(19)4/h7-13,16,23H,5-6,14-15H2,1-4H3/q+1. The Morgan fingerprint density at radius 1 is 0.969 bits per heavy atom. The van der Waals surface area contributed by atoms with Crippen LogP contribution in [0.1, 0.15) is 48.2 Å². The Hall–Kier alpha value is -2.03. The monoisotopic (exact) mass is 498 g/mol. The van der Waals surface area contributed by atoms with Gasteiger partial charge in [-0.05, 0) is 32.3 Å². The van der Waals surface area contributed by atoms with Crippen LogP contribution in [0.4, 0.5) is 0 Å². The molecule has 1 unspecified atom stereocenters. The van der Waals surface area contributed by atoms with Crippen molar-refractivity contribution in [1.82, 2.24) is 0 Å². The van der Waals surface area contributed by atoms with Gasteiger partial charge in [0.25, 0.3) is 11.5 Å². The zero-order chi connectivity index (χ0) is 24.1. The second-order valence-electron chi connectivity index (χ2n) is 7.65. The summed E-state index contributed by atoms with van der Waals surface area (Å²) in [6.07, 6.45) is 3.53. The number of carbonyl (C=O) groups excluding carboxylic acids is 1. The minimum Gasteiger partial charge on any atom is -0.282 e. The van der Waals surface area contributed by atoms with Crippen LogP contribution in [0.2, 0.25) is 0 Å². The highest BCUT2D eigenvalue weighted by Crippen LogP contribution is 2.30. The van der Waals surface area contributed by atoms with Crippen molar-refractivity contribution in [2.45, 2.75) is 45.2 Å². The highest BCUT2D eigenvalue weighted by atomic mass is 35.5. The zero-order valence-corrected chi connectivity index (χ0v) is 21.1. The minimum atomic E-state index is -4.17. The van der Waals surface area contributed by atoms with Gasteiger partial charge in [-0.25, -0.2) is 16.8 Å². The number of alkyl halides is 1. The van der Waals surface area contributed by atoms with Crippen LogP contribution < -0.4 is 4.57 Å². The fraction of sp³-hybridized carbons (Fsp3) is 0.391. The number of aromatic nitrogens is 1. The average molecular weight is 499 g/mol. The molecule has 0 saturated carbocycles. The molecule has 0 bridgehead atoms. The average Bonchev–Trinajstić information content (AvgIpc) is 2.71. The van der Waals surface area contributed by atoms with E-state index in [1.165, 1.54) is 17.0 Å². The molecular formula is C23H29ClNO5S2+. The van der Waals surface area contributed by atoms with Crippen LogP contribution in [0.15, 0.2) is 53.7 Å². The molecule has 2 aromatic rings. The van der Waals surface area contributed by atoms with E-state index in [4.69, 9.17) is 11.6 Å². The first-order chi connectivity index (χ1) is 15.0. The van der Waals surface area contributed by atoms with Crippen LogP contribution >= 0.6 is 11.6 Å². The Labute approximate surface area is 195 Å². The molecule has 0 radical (unpaired) electrons. The van der Waals surface area contributed by atoms with Gasteiger partial charge in [-0.2, -0.15) is 4.57 Å². The molecule has 0 spiro atoms. The van der Waals surface area contributed by atoms with Crippen molar-refractivity contribution in [2.75, 3.05) is 11.5 Å². The van der Waals surface area contributed by atoms with E-state index < -0.39 is 35.1 Å². The lowest BCUT2D eigenvalue weighted by molar-refractivity contribution is -0.577. The Bertz CT molecular complexity index is 1220. The molecular weight excluding hydrogens is 470 g/mol. The molecule has 0 aliphatic heterocycles. The summed E-state index contributed by atoms with van der Waals surface area (Å²) < 4.78 is 51.9. The molecule has 0 N–H and O–H groups in total. The van der Waals surface area contributed by atoms with E-state index in [2.05, 4.69) is 0 Å². The van der Waals surface area contributed by atoms with Crippen molar-refractivity contribution in [2.24, 2.45) is 0 Å². The highest BCUT2D eigenvalue weighted by Gasteiger charge is 2.43. The number of allylic oxidation sites excluding steroid dienone is 1. The third-order valence-corrected chi connectivity index (χ3v) is 10.1. The largest absolute Gasteiger partial charge is 0.282 e. The molecule has 0 aliphatic rings. The van der Waals surface area contributed by atoms with Gasteiger partial charge in [0, 0.05) is 17.7 Å². The summed E-state index contributed by atoms with van der Waals surface area (Å²) in [5, 5.41) is 0. The quantitative estimate of drug-likeness (QED) is 0.215. The van der Waals surface area contributed by atoms with Crippen molar-refractivity contribution in [3.05, 3.63) is 70.4 Å². The number of halogens is 1. The van der Waals surface area contributed by atoms with E-state index in [-0.39, 0.29) is 35.6 Å². The third-order valence-electron chi connectivity index (χ3n) is 4.87. The SMILES string of the molecule is CCCS(=O)(=O)C(=C(C(=O)c1ccc(C)cc1C)[n+]1ccccc1)C(Cl)S(=O)(=O)CCC. The minimum absolute atomic E-state index is 0.244. The molecule has 1 aromatic heterocycles. The molecule has 9 heteroatoms. The van der Waals surface area contributed by atoms with Crippen molar-refractivity contribution in [1.29, 1.82) is 0 Å². The molecule has 6 nitrogen and oxygen atoms in total. The van der Waals surface area contributed by atoms with Crippen molar-refractivity contribution in [3.8, 4) is 0 Å². The zero-order valence-electron chi connectivity index (χ0n) is 18.7. The number of rotatable bonds is 10. The summed E-state index contributed by atoms with van der Waals surface area (Å²) in [5.74, 6) is -1.23. The van der Waals surface area contributed by atoms with E-state index in [0.717, 1.165) is 5.56 Å². The van der Waals surface area contributed by atoms with E-state index in [0.29, 0.717) is 5.56 Å². The Morgan fingerprint density at radius 3 is 2.09 bits per heavy atom. The van der Waals surface area contributed by atoms with Gasteiger partial charge in [0.1, 0.15) is 0 Å². The number of sulfone groups is 2. The molecule has 0 fully saturated rings. The number of hydrogen-bond acceptors (Lipinski definition) is 5. The van der Waals surface area contributed by atoms with Gasteiger partial charge in [0.05, 0.1) is 11.5 Å². The highest BCUT2D eigenvalue weighted by molar-refractivity contribution is 7.99. The molecule has 0 saturated heterocycles. The van der Waals surface area contributed by atoms with Gasteiger partial charge in [-0.3, -0.25) is 4.79 Å². The fourth-order valence-electron chi connectivity index (χ4n) is 3.43. The van der Waals surface area contributed by atoms with E-state index in [9.17, 15) is 21.6 Å². The van der Waals surface area contributed by atoms with Crippen molar-refractivity contribution < 1.29 is 26.2 Å². The molecule has 2 rings (SSSR count). The summed E-state index contributed by atoms with van der Waals surface area (Å²) >= 11 is 6.39. The summed E-state index contributed by atoms with van der Waals surface area (Å²) in [4.78, 5) is 13.2. The Kier molecular flexibility index (Phi) is 8.79. The second-order valence-corrected chi connectivity index (χ2v) is 12.6. The van der Waals surface area contributed by atoms with Gasteiger partial charge < -0.3 is 0 Å². The summed E-state index contributed by atoms with van der Waals surface area (Å²) in [6, 6.07) is 10.1. The van der Waals surface area contributed by atoms with Crippen molar-refractivity contribution >= 4 is 42.8 Å². The summed E-state index contributed by atoms with van der Waals surface area (Å²) in [6.45, 7) is 6.96. The molecule has 1 aromatic carbocycles. The molecule has 0 aliphatic carbocycles. The van der Waals surface area contributed by atoms with Gasteiger partial charge >= 0.3 is 0 Å². The van der Waals surface area contributed by atoms with Gasteiger partial charge in [-0.15, -0.1) is 0 Å². The lowest BCUT2D eigenvalue weighted by Crippen LogP contribution is -2.41. The molecule has 174 valence electrons. The van der Waals surface area contributed by atoms with E-state index in [1.807, 2.05) is 13.0 Å². The predicted octanol–water partition coefficient (Wildman–Crippen LogP) is 3.86. The number of aryl methyl sites for hydroxylation is 2. The first kappa shape index (κ1) is 26.2. The summed E-state index contributed by atoms with van der Waals surface area (Å²) in [5.41, 5.74) is 1.60. The van der Waals surface area contributed by atoms with Crippen LogP contribution in [-0.4, -0.2) is 38.8 Å². The normalized spacial score (nSPS) is 14.0. The lowest BCUT2D eigenvalue weighted by atomic mass is 10.00. The first-order valence-electron chi connectivity index (χ1n) is 10.4. The van der Waals surface area contributed by atoms with Crippen LogP contribution in [-0.2, 0) is 19.7 Å². The third kappa shape index (κ3) is 5.85. The maximum absolute atomic E-state index is 13.8. The second kappa shape index (κ2) is 10.7. The number of carbonyl (C=O) groups is 1. The van der Waals surface area contributed by atoms with E-state index >= 15 is 0 Å². The molecule has 0 amide bonds. The number of Topliss-reactive ketones (excluding diaryl/α,β-unsaturated/α-hetero) is 1. The molecule has 1 heterocycles. The number of hydrogen-bond donors (Lipinski definition) is 0. The van der Waals surface area contributed by atoms with Gasteiger partial charge in [0.15, 0.2) is 41.7 Å². The number of nitrogens with zero attached hydrogens (tertiary/aromatic N) is 1. The molecule has 1 atom stereocenters. The fourth-order valence-corrected chi connectivity index (χ4v) is 7.83. The van der Waals surface area contributed by atoms with Crippen LogP contribution in [0, 0.1) is 13.8 Å². The Morgan fingerprint density at radius 2 is 1.56 bits per heavy atom. The first-order valence-corrected chi connectivity index (χ1v) is 14.2. The van der Waals surface area contributed by atoms with Gasteiger partial charge in [-0.1, -0.05) is 55.3 Å². The van der Waals surface area contributed by atoms with Gasteiger partial charge in [0.2, 0.25) is 0 Å². The van der Waals surface area contributed by atoms with E-state index in [1.54, 1.807) is 51.1 Å². The maximum Gasteiger partial charge on any atom is 0.276 e. The van der Waals surface area contributed by atoms with Crippen LogP contribution in [0.3, 0.4) is 0 Å². The number of ketones is 1. The topological polar surface area (TPSA) is 89.2 Å². The van der Waals surface area contributed by atoms with Crippen molar-refractivity contribution in [3.63, 3.8) is 0 Å². The molecule has 32 heavy (non-hydrogen) atoms. The summed E-state index contributed by atoms with van der Waals surface area (Å²) in [7, 11) is -8.20.